The molecule has 1 aliphatic heterocycles. The molecule has 1 aromatic carbocycles. The average Bonchev–Trinajstić information content (AvgIpc) is 2.74. The number of carboxylic acids is 1. The van der Waals surface area contributed by atoms with E-state index < -0.39 is 29.8 Å². The maximum atomic E-state index is 13.6. The van der Waals surface area contributed by atoms with Gasteiger partial charge in [-0.2, -0.15) is 0 Å². The number of carboxylic acid groups (broad SMARTS) is 1. The Labute approximate surface area is 109 Å². The van der Waals surface area contributed by atoms with Crippen LogP contribution in [0.1, 0.15) is 22.3 Å². The van der Waals surface area contributed by atoms with Crippen molar-refractivity contribution in [1.82, 2.24) is 4.90 Å². The fourth-order valence-electron chi connectivity index (χ4n) is 2.23. The summed E-state index contributed by atoms with van der Waals surface area (Å²) in [6.45, 7) is 1.62. The number of aliphatic carboxylic acids is 1. The molecule has 1 heterocycles. The monoisotopic (exact) mass is 267 g/mol. The second kappa shape index (κ2) is 4.97. The van der Waals surface area contributed by atoms with Crippen LogP contribution in [-0.2, 0) is 4.79 Å². The Bertz CT molecular complexity index is 531. The van der Waals surface area contributed by atoms with E-state index in [0.717, 1.165) is 4.90 Å². The number of hydrogen-bond donors (Lipinski definition) is 2. The SMILES string of the molecule is Cc1ccc(F)c(C(=O)N2CC(O)C[C@H]2C(=O)O)c1. The molecule has 0 aromatic heterocycles. The zero-order valence-electron chi connectivity index (χ0n) is 10.3. The number of aliphatic hydroxyl groups excluding tert-OH is 1. The van der Waals surface area contributed by atoms with Gasteiger partial charge >= 0.3 is 5.97 Å². The zero-order valence-corrected chi connectivity index (χ0v) is 10.3. The number of nitrogens with zero attached hydrogens (tertiary/aromatic N) is 1. The van der Waals surface area contributed by atoms with Crippen LogP contribution >= 0.6 is 0 Å². The lowest BCUT2D eigenvalue weighted by Crippen LogP contribution is -2.41. The van der Waals surface area contributed by atoms with Crippen molar-refractivity contribution in [2.45, 2.75) is 25.5 Å². The molecule has 5 nitrogen and oxygen atoms in total. The highest BCUT2D eigenvalue weighted by molar-refractivity contribution is 5.97. The van der Waals surface area contributed by atoms with Crippen molar-refractivity contribution in [3.63, 3.8) is 0 Å². The molecule has 1 unspecified atom stereocenters. The van der Waals surface area contributed by atoms with Crippen LogP contribution in [0.4, 0.5) is 4.39 Å². The predicted molar refractivity (Wildman–Crippen MR) is 64.2 cm³/mol. The number of carbonyl (C=O) groups excluding carboxylic acids is 1. The minimum atomic E-state index is -1.20. The van der Waals surface area contributed by atoms with Gasteiger partial charge in [-0.05, 0) is 19.1 Å². The first-order chi connectivity index (χ1) is 8.90. The van der Waals surface area contributed by atoms with Crippen LogP contribution in [0.25, 0.3) is 0 Å². The number of hydrogen-bond acceptors (Lipinski definition) is 3. The number of carbonyl (C=O) groups is 2. The fraction of sp³-hybridized carbons (Fsp3) is 0.385. The molecule has 0 aliphatic carbocycles. The molecule has 2 rings (SSSR count). The third-order valence-electron chi connectivity index (χ3n) is 3.18. The Balaban J connectivity index is 2.33. The number of amides is 1. The second-order valence-corrected chi connectivity index (χ2v) is 4.68. The largest absolute Gasteiger partial charge is 0.480 e. The third-order valence-corrected chi connectivity index (χ3v) is 3.18. The number of benzene rings is 1. The Morgan fingerprint density at radius 2 is 2.11 bits per heavy atom. The molecule has 0 bridgehead atoms. The van der Waals surface area contributed by atoms with E-state index in [9.17, 15) is 19.1 Å². The van der Waals surface area contributed by atoms with E-state index in [1.165, 1.54) is 18.2 Å². The predicted octanol–water partition coefficient (Wildman–Crippen LogP) is 0.794. The summed E-state index contributed by atoms with van der Waals surface area (Å²) in [7, 11) is 0. The summed E-state index contributed by atoms with van der Waals surface area (Å²) in [6, 6.07) is 2.97. The number of rotatable bonds is 2. The van der Waals surface area contributed by atoms with Gasteiger partial charge in [0.1, 0.15) is 11.9 Å². The van der Waals surface area contributed by atoms with Crippen LogP contribution in [0.2, 0.25) is 0 Å². The highest BCUT2D eigenvalue weighted by Crippen LogP contribution is 2.22. The van der Waals surface area contributed by atoms with Gasteiger partial charge in [0, 0.05) is 13.0 Å². The smallest absolute Gasteiger partial charge is 0.326 e. The molecule has 1 aromatic rings. The highest BCUT2D eigenvalue weighted by atomic mass is 19.1. The minimum Gasteiger partial charge on any atom is -0.480 e. The summed E-state index contributed by atoms with van der Waals surface area (Å²) in [5.41, 5.74) is 0.539. The maximum absolute atomic E-state index is 13.6. The van der Waals surface area contributed by atoms with E-state index >= 15 is 0 Å². The summed E-state index contributed by atoms with van der Waals surface area (Å²) in [6.07, 6.45) is -0.924. The lowest BCUT2D eigenvalue weighted by atomic mass is 10.1. The molecule has 102 valence electrons. The first-order valence-corrected chi connectivity index (χ1v) is 5.88. The lowest BCUT2D eigenvalue weighted by molar-refractivity contribution is -0.141. The summed E-state index contributed by atoms with van der Waals surface area (Å²) < 4.78 is 13.6. The first kappa shape index (κ1) is 13.5. The van der Waals surface area contributed by atoms with Crippen LogP contribution in [0.15, 0.2) is 18.2 Å². The van der Waals surface area contributed by atoms with Gasteiger partial charge in [0.15, 0.2) is 0 Å². The van der Waals surface area contributed by atoms with Gasteiger partial charge in [-0.1, -0.05) is 11.6 Å². The van der Waals surface area contributed by atoms with E-state index in [0.29, 0.717) is 5.56 Å². The van der Waals surface area contributed by atoms with E-state index in [2.05, 4.69) is 0 Å². The Morgan fingerprint density at radius 3 is 2.74 bits per heavy atom. The summed E-state index contributed by atoms with van der Waals surface area (Å²) in [4.78, 5) is 24.2. The molecule has 1 aliphatic rings. The highest BCUT2D eigenvalue weighted by Gasteiger charge is 2.39. The second-order valence-electron chi connectivity index (χ2n) is 4.68. The van der Waals surface area contributed by atoms with Crippen molar-refractivity contribution in [2.24, 2.45) is 0 Å². The van der Waals surface area contributed by atoms with Crippen LogP contribution in [-0.4, -0.2) is 45.7 Å². The van der Waals surface area contributed by atoms with E-state index in [-0.39, 0.29) is 18.5 Å². The summed E-state index contributed by atoms with van der Waals surface area (Å²) >= 11 is 0. The van der Waals surface area contributed by atoms with Gasteiger partial charge in [0.05, 0.1) is 11.7 Å². The van der Waals surface area contributed by atoms with Gasteiger partial charge in [-0.3, -0.25) is 4.79 Å². The minimum absolute atomic E-state index is 0.0332. The van der Waals surface area contributed by atoms with Crippen molar-refractivity contribution < 1.29 is 24.2 Å². The van der Waals surface area contributed by atoms with Crippen LogP contribution < -0.4 is 0 Å². The van der Waals surface area contributed by atoms with Crippen molar-refractivity contribution in [3.05, 3.63) is 35.1 Å². The lowest BCUT2D eigenvalue weighted by Gasteiger charge is -2.21. The molecule has 0 spiro atoms. The third kappa shape index (κ3) is 2.58. The molecular weight excluding hydrogens is 253 g/mol. The van der Waals surface area contributed by atoms with E-state index in [1.54, 1.807) is 6.92 Å². The molecule has 1 saturated heterocycles. The van der Waals surface area contributed by atoms with Gasteiger partial charge in [-0.15, -0.1) is 0 Å². The molecule has 1 fully saturated rings. The quantitative estimate of drug-likeness (QED) is 0.830. The van der Waals surface area contributed by atoms with Gasteiger partial charge in [0.2, 0.25) is 0 Å². The van der Waals surface area contributed by atoms with E-state index in [1.807, 2.05) is 0 Å². The summed E-state index contributed by atoms with van der Waals surface area (Å²) in [5.74, 6) is -2.59. The molecule has 2 N–H and O–H groups in total. The van der Waals surface area contributed by atoms with Crippen LogP contribution in [0.5, 0.6) is 0 Å². The van der Waals surface area contributed by atoms with Crippen molar-refractivity contribution in [2.75, 3.05) is 6.54 Å². The number of halogens is 1. The zero-order chi connectivity index (χ0) is 14.2. The van der Waals surface area contributed by atoms with Crippen LogP contribution in [0, 0.1) is 12.7 Å². The first-order valence-electron chi connectivity index (χ1n) is 5.88. The van der Waals surface area contributed by atoms with Gasteiger partial charge in [0.25, 0.3) is 5.91 Å². The van der Waals surface area contributed by atoms with Gasteiger partial charge < -0.3 is 15.1 Å². The average molecular weight is 267 g/mol. The standard InChI is InChI=1S/C13H14FNO4/c1-7-2-3-10(14)9(4-7)12(17)15-6-8(16)5-11(15)13(18)19/h2-4,8,11,16H,5-6H2,1H3,(H,18,19)/t8?,11-/m0/s1. The molecular formula is C13H14FNO4. The van der Waals surface area contributed by atoms with Gasteiger partial charge in [-0.25, -0.2) is 9.18 Å². The Hall–Kier alpha value is -1.95. The summed E-state index contributed by atoms with van der Waals surface area (Å²) in [5, 5.41) is 18.5. The molecule has 0 saturated carbocycles. The normalized spacial score (nSPS) is 22.6. The fourth-order valence-corrected chi connectivity index (χ4v) is 2.23. The molecule has 1 amide bonds. The maximum Gasteiger partial charge on any atom is 0.326 e. The molecule has 2 atom stereocenters. The number of β-amino-alcohol motifs (C(OH)–C–C–N with tert-alkyl or cyclic N) is 1. The van der Waals surface area contributed by atoms with Crippen LogP contribution in [0.3, 0.4) is 0 Å². The van der Waals surface area contributed by atoms with Crippen molar-refractivity contribution in [1.29, 1.82) is 0 Å². The number of likely N-dealkylation sites (tertiary alicyclic amines) is 1. The topological polar surface area (TPSA) is 77.8 Å². The molecule has 0 radical (unpaired) electrons. The molecule has 19 heavy (non-hydrogen) atoms. The Morgan fingerprint density at radius 1 is 1.42 bits per heavy atom. The van der Waals surface area contributed by atoms with Crippen molar-refractivity contribution in [3.8, 4) is 0 Å². The number of aryl methyl sites for hydroxylation is 1. The Kier molecular flexibility index (Phi) is 3.53. The number of aliphatic hydroxyl groups is 1. The van der Waals surface area contributed by atoms with Crippen molar-refractivity contribution >= 4 is 11.9 Å². The van der Waals surface area contributed by atoms with E-state index in [4.69, 9.17) is 5.11 Å². The molecule has 6 heteroatoms.